The predicted molar refractivity (Wildman–Crippen MR) is 78.1 cm³/mol. The molecule has 0 aliphatic rings. The second kappa shape index (κ2) is 5.85. The van der Waals surface area contributed by atoms with Crippen LogP contribution < -0.4 is 11.1 Å². The SMILES string of the molecule is CC(C)c1ccccc1Nc1ccc(CN)cc1F. The van der Waals surface area contributed by atoms with Crippen molar-refractivity contribution >= 4 is 11.4 Å². The van der Waals surface area contributed by atoms with E-state index in [-0.39, 0.29) is 5.82 Å². The maximum absolute atomic E-state index is 13.9. The summed E-state index contributed by atoms with van der Waals surface area (Å²) in [5.41, 5.74) is 8.88. The van der Waals surface area contributed by atoms with Crippen LogP contribution in [0.3, 0.4) is 0 Å². The van der Waals surface area contributed by atoms with E-state index in [0.717, 1.165) is 11.3 Å². The number of nitrogens with two attached hydrogens (primary N) is 1. The van der Waals surface area contributed by atoms with Gasteiger partial charge >= 0.3 is 0 Å². The number of para-hydroxylation sites is 1. The maximum atomic E-state index is 13.9. The van der Waals surface area contributed by atoms with E-state index >= 15 is 0 Å². The first-order valence-corrected chi connectivity index (χ1v) is 6.46. The number of anilines is 2. The minimum absolute atomic E-state index is 0.276. The Balaban J connectivity index is 2.31. The minimum atomic E-state index is -0.276. The molecule has 0 saturated carbocycles. The lowest BCUT2D eigenvalue weighted by Crippen LogP contribution is -2.01. The van der Waals surface area contributed by atoms with Gasteiger partial charge in [0.15, 0.2) is 0 Å². The van der Waals surface area contributed by atoms with Crippen LogP contribution >= 0.6 is 0 Å². The van der Waals surface area contributed by atoms with Crippen LogP contribution in [0.2, 0.25) is 0 Å². The zero-order valence-corrected chi connectivity index (χ0v) is 11.3. The summed E-state index contributed by atoms with van der Waals surface area (Å²) in [7, 11) is 0. The monoisotopic (exact) mass is 258 g/mol. The lowest BCUT2D eigenvalue weighted by molar-refractivity contribution is 0.629. The molecule has 0 spiro atoms. The molecule has 3 N–H and O–H groups in total. The molecular formula is C16H19FN2. The van der Waals surface area contributed by atoms with Gasteiger partial charge < -0.3 is 11.1 Å². The molecule has 2 aromatic rings. The molecule has 0 fully saturated rings. The standard InChI is InChI=1S/C16H19FN2/c1-11(2)13-5-3-4-6-15(13)19-16-8-7-12(10-18)9-14(16)17/h3-9,11,19H,10,18H2,1-2H3. The molecule has 0 heterocycles. The van der Waals surface area contributed by atoms with Crippen molar-refractivity contribution in [3.8, 4) is 0 Å². The normalized spacial score (nSPS) is 10.8. The Morgan fingerprint density at radius 1 is 1.11 bits per heavy atom. The van der Waals surface area contributed by atoms with Crippen LogP contribution in [0.5, 0.6) is 0 Å². The summed E-state index contributed by atoms with van der Waals surface area (Å²) in [6.45, 7) is 4.59. The van der Waals surface area contributed by atoms with E-state index in [2.05, 4.69) is 25.2 Å². The molecule has 0 aromatic heterocycles. The fourth-order valence-electron chi connectivity index (χ4n) is 2.05. The summed E-state index contributed by atoms with van der Waals surface area (Å²) in [6, 6.07) is 13.0. The Labute approximate surface area is 113 Å². The maximum Gasteiger partial charge on any atom is 0.146 e. The number of rotatable bonds is 4. The molecule has 0 radical (unpaired) electrons. The summed E-state index contributed by atoms with van der Waals surface area (Å²) in [5, 5.41) is 3.16. The quantitative estimate of drug-likeness (QED) is 0.864. The van der Waals surface area contributed by atoms with Gasteiger partial charge in [-0.25, -0.2) is 4.39 Å². The van der Waals surface area contributed by atoms with E-state index in [1.54, 1.807) is 6.07 Å². The van der Waals surface area contributed by atoms with E-state index in [1.807, 2.05) is 24.3 Å². The Morgan fingerprint density at radius 2 is 1.84 bits per heavy atom. The van der Waals surface area contributed by atoms with Crippen molar-refractivity contribution in [3.63, 3.8) is 0 Å². The van der Waals surface area contributed by atoms with Gasteiger partial charge in [-0.3, -0.25) is 0 Å². The molecule has 19 heavy (non-hydrogen) atoms. The summed E-state index contributed by atoms with van der Waals surface area (Å²) in [5.74, 6) is 0.108. The number of halogens is 1. The van der Waals surface area contributed by atoms with Crippen LogP contribution in [-0.2, 0) is 6.54 Å². The fourth-order valence-corrected chi connectivity index (χ4v) is 2.05. The van der Waals surface area contributed by atoms with Gasteiger partial charge in [-0.15, -0.1) is 0 Å². The average molecular weight is 258 g/mol. The van der Waals surface area contributed by atoms with E-state index in [0.29, 0.717) is 18.2 Å². The summed E-state index contributed by atoms with van der Waals surface area (Å²) >= 11 is 0. The van der Waals surface area contributed by atoms with Crippen molar-refractivity contribution in [3.05, 3.63) is 59.4 Å². The fraction of sp³-hybridized carbons (Fsp3) is 0.250. The molecule has 3 heteroatoms. The number of nitrogens with one attached hydrogen (secondary N) is 1. The first kappa shape index (κ1) is 13.6. The highest BCUT2D eigenvalue weighted by Gasteiger charge is 2.08. The molecule has 0 atom stereocenters. The molecular weight excluding hydrogens is 239 g/mol. The van der Waals surface area contributed by atoms with Crippen molar-refractivity contribution in [2.24, 2.45) is 5.73 Å². The number of hydrogen-bond acceptors (Lipinski definition) is 2. The number of benzene rings is 2. The summed E-state index contributed by atoms with van der Waals surface area (Å²) < 4.78 is 13.9. The van der Waals surface area contributed by atoms with E-state index in [4.69, 9.17) is 5.73 Å². The van der Waals surface area contributed by atoms with Gasteiger partial charge in [-0.2, -0.15) is 0 Å². The highest BCUT2D eigenvalue weighted by molar-refractivity contribution is 5.64. The smallest absolute Gasteiger partial charge is 0.146 e. The van der Waals surface area contributed by atoms with Gasteiger partial charge in [0.2, 0.25) is 0 Å². The zero-order valence-electron chi connectivity index (χ0n) is 11.3. The molecule has 0 saturated heterocycles. The molecule has 0 aliphatic heterocycles. The second-order valence-electron chi connectivity index (χ2n) is 4.89. The van der Waals surface area contributed by atoms with Crippen molar-refractivity contribution in [2.75, 3.05) is 5.32 Å². The summed E-state index contributed by atoms with van der Waals surface area (Å²) in [4.78, 5) is 0. The first-order valence-electron chi connectivity index (χ1n) is 6.46. The van der Waals surface area contributed by atoms with Gasteiger partial charge in [0.1, 0.15) is 5.82 Å². The molecule has 0 unspecified atom stereocenters. The van der Waals surface area contributed by atoms with Crippen molar-refractivity contribution in [2.45, 2.75) is 26.3 Å². The largest absolute Gasteiger partial charge is 0.353 e. The summed E-state index contributed by atoms with van der Waals surface area (Å²) in [6.07, 6.45) is 0. The minimum Gasteiger partial charge on any atom is -0.353 e. The van der Waals surface area contributed by atoms with E-state index in [1.165, 1.54) is 11.6 Å². The van der Waals surface area contributed by atoms with Gasteiger partial charge in [0.25, 0.3) is 0 Å². The van der Waals surface area contributed by atoms with Crippen molar-refractivity contribution < 1.29 is 4.39 Å². The van der Waals surface area contributed by atoms with Crippen LogP contribution in [0.1, 0.15) is 30.9 Å². The first-order chi connectivity index (χ1) is 9.11. The lowest BCUT2D eigenvalue weighted by atomic mass is 10.0. The second-order valence-corrected chi connectivity index (χ2v) is 4.89. The third-order valence-electron chi connectivity index (χ3n) is 3.12. The van der Waals surface area contributed by atoms with Crippen LogP contribution in [0.4, 0.5) is 15.8 Å². The average Bonchev–Trinajstić information content (AvgIpc) is 2.41. The van der Waals surface area contributed by atoms with Gasteiger partial charge in [0.05, 0.1) is 5.69 Å². The molecule has 100 valence electrons. The van der Waals surface area contributed by atoms with E-state index in [9.17, 15) is 4.39 Å². The third kappa shape index (κ3) is 3.12. The Bertz CT molecular complexity index is 564. The number of hydrogen-bond donors (Lipinski definition) is 2. The lowest BCUT2D eigenvalue weighted by Gasteiger charge is -2.15. The molecule has 0 bridgehead atoms. The Morgan fingerprint density at radius 3 is 2.47 bits per heavy atom. The van der Waals surface area contributed by atoms with Gasteiger partial charge in [0, 0.05) is 12.2 Å². The highest BCUT2D eigenvalue weighted by Crippen LogP contribution is 2.28. The van der Waals surface area contributed by atoms with Crippen LogP contribution in [0, 0.1) is 5.82 Å². The van der Waals surface area contributed by atoms with Crippen molar-refractivity contribution in [1.82, 2.24) is 0 Å². The van der Waals surface area contributed by atoms with Gasteiger partial charge in [-0.05, 0) is 35.2 Å². The van der Waals surface area contributed by atoms with Crippen LogP contribution in [-0.4, -0.2) is 0 Å². The topological polar surface area (TPSA) is 38.0 Å². The van der Waals surface area contributed by atoms with Crippen LogP contribution in [0.15, 0.2) is 42.5 Å². The highest BCUT2D eigenvalue weighted by atomic mass is 19.1. The third-order valence-corrected chi connectivity index (χ3v) is 3.12. The molecule has 0 amide bonds. The zero-order chi connectivity index (χ0) is 13.8. The van der Waals surface area contributed by atoms with E-state index < -0.39 is 0 Å². The van der Waals surface area contributed by atoms with Crippen LogP contribution in [0.25, 0.3) is 0 Å². The molecule has 0 aliphatic carbocycles. The van der Waals surface area contributed by atoms with Gasteiger partial charge in [-0.1, -0.05) is 38.1 Å². The molecule has 2 nitrogen and oxygen atoms in total. The molecule has 2 rings (SSSR count). The predicted octanol–water partition coefficient (Wildman–Crippen LogP) is 4.15. The Hall–Kier alpha value is -1.87. The van der Waals surface area contributed by atoms with Crippen molar-refractivity contribution in [1.29, 1.82) is 0 Å². The Kier molecular flexibility index (Phi) is 4.17. The molecule has 2 aromatic carbocycles.